The van der Waals surface area contributed by atoms with Gasteiger partial charge in [0, 0.05) is 31.2 Å². The molecule has 1 aromatic rings. The van der Waals surface area contributed by atoms with E-state index in [4.69, 9.17) is 0 Å². The van der Waals surface area contributed by atoms with Crippen LogP contribution in [0.5, 0.6) is 0 Å². The van der Waals surface area contributed by atoms with Gasteiger partial charge in [-0.15, -0.1) is 0 Å². The molecule has 2 nitrogen and oxygen atoms in total. The van der Waals surface area contributed by atoms with Crippen molar-refractivity contribution in [3.8, 4) is 0 Å². The lowest BCUT2D eigenvalue weighted by Gasteiger charge is -2.48. The van der Waals surface area contributed by atoms with Crippen molar-refractivity contribution in [1.29, 1.82) is 0 Å². The molecule has 1 aromatic heterocycles. The Bertz CT molecular complexity index is 395. The number of rotatable bonds is 7. The molecule has 1 fully saturated rings. The summed E-state index contributed by atoms with van der Waals surface area (Å²) in [6, 6.07) is 2.98. The fourth-order valence-electron chi connectivity index (χ4n) is 3.51. The first-order valence-corrected chi connectivity index (χ1v) is 9.53. The molecule has 0 saturated carbocycles. The summed E-state index contributed by atoms with van der Waals surface area (Å²) in [7, 11) is 0. The summed E-state index contributed by atoms with van der Waals surface area (Å²) in [5.74, 6) is 0.774. The molecule has 1 unspecified atom stereocenters. The Morgan fingerprint density at radius 3 is 2.71 bits per heavy atom. The second kappa shape index (κ2) is 7.75. The number of nitrogens with one attached hydrogen (secondary N) is 1. The second-order valence-electron chi connectivity index (χ2n) is 7.00. The number of thiophene rings is 1. The summed E-state index contributed by atoms with van der Waals surface area (Å²) in [6.07, 6.45) is 4.96. The van der Waals surface area contributed by atoms with Gasteiger partial charge in [-0.05, 0) is 54.0 Å². The number of piperazine rings is 1. The van der Waals surface area contributed by atoms with Gasteiger partial charge in [-0.25, -0.2) is 0 Å². The van der Waals surface area contributed by atoms with Crippen molar-refractivity contribution in [3.63, 3.8) is 0 Å². The minimum atomic E-state index is 0.335. The number of hydrogen-bond donors (Lipinski definition) is 1. The highest BCUT2D eigenvalue weighted by molar-refractivity contribution is 7.07. The Balaban J connectivity index is 2.01. The highest BCUT2D eigenvalue weighted by atomic mass is 32.1. The predicted octanol–water partition coefficient (Wildman–Crippen LogP) is 4.17. The third-order valence-electron chi connectivity index (χ3n) is 5.10. The van der Waals surface area contributed by atoms with Crippen LogP contribution in [0.2, 0.25) is 0 Å². The quantitative estimate of drug-likeness (QED) is 0.813. The van der Waals surface area contributed by atoms with Gasteiger partial charge in [-0.3, -0.25) is 4.90 Å². The maximum absolute atomic E-state index is 3.87. The predicted molar refractivity (Wildman–Crippen MR) is 94.2 cm³/mol. The molecule has 0 radical (unpaired) electrons. The van der Waals surface area contributed by atoms with Crippen LogP contribution < -0.4 is 5.32 Å². The summed E-state index contributed by atoms with van der Waals surface area (Å²) in [6.45, 7) is 12.9. The van der Waals surface area contributed by atoms with E-state index in [0.29, 0.717) is 11.6 Å². The summed E-state index contributed by atoms with van der Waals surface area (Å²) in [5.41, 5.74) is 1.84. The summed E-state index contributed by atoms with van der Waals surface area (Å²) >= 11 is 1.82. The van der Waals surface area contributed by atoms with Crippen LogP contribution in [0.1, 0.15) is 52.5 Å². The SMILES string of the molecule is CCC1(CC)CN(CCc2ccsc2)C(CC(C)C)CN1. The standard InChI is InChI=1S/C18H32N2S/c1-5-18(6-2)14-20(9-7-16-8-10-21-13-16)17(12-19-18)11-15(3)4/h8,10,13,15,17,19H,5-7,9,11-12,14H2,1-4H3. The lowest BCUT2D eigenvalue weighted by atomic mass is 9.86. The van der Waals surface area contributed by atoms with E-state index >= 15 is 0 Å². The topological polar surface area (TPSA) is 15.3 Å². The fraction of sp³-hybridized carbons (Fsp3) is 0.778. The van der Waals surface area contributed by atoms with Crippen LogP contribution in [-0.2, 0) is 6.42 Å². The molecule has 2 rings (SSSR count). The van der Waals surface area contributed by atoms with Gasteiger partial charge in [0.25, 0.3) is 0 Å². The summed E-state index contributed by atoms with van der Waals surface area (Å²) in [5, 5.41) is 8.36. The molecule has 0 spiro atoms. The third-order valence-corrected chi connectivity index (χ3v) is 5.83. The van der Waals surface area contributed by atoms with E-state index in [1.807, 2.05) is 11.3 Å². The molecule has 1 N–H and O–H groups in total. The molecular weight excluding hydrogens is 276 g/mol. The van der Waals surface area contributed by atoms with Crippen molar-refractivity contribution < 1.29 is 0 Å². The van der Waals surface area contributed by atoms with E-state index in [1.54, 1.807) is 0 Å². The van der Waals surface area contributed by atoms with Crippen molar-refractivity contribution >= 4 is 11.3 Å². The second-order valence-corrected chi connectivity index (χ2v) is 7.78. The monoisotopic (exact) mass is 308 g/mol. The average Bonchev–Trinajstić information content (AvgIpc) is 2.99. The molecule has 0 aliphatic carbocycles. The minimum absolute atomic E-state index is 0.335. The van der Waals surface area contributed by atoms with E-state index in [2.05, 4.69) is 54.7 Å². The van der Waals surface area contributed by atoms with Crippen LogP contribution in [0, 0.1) is 5.92 Å². The molecule has 3 heteroatoms. The lowest BCUT2D eigenvalue weighted by Crippen LogP contribution is -2.64. The fourth-order valence-corrected chi connectivity index (χ4v) is 4.21. The van der Waals surface area contributed by atoms with E-state index in [1.165, 1.54) is 44.3 Å². The Kier molecular flexibility index (Phi) is 6.27. The van der Waals surface area contributed by atoms with Crippen molar-refractivity contribution in [1.82, 2.24) is 10.2 Å². The van der Waals surface area contributed by atoms with Crippen LogP contribution in [0.25, 0.3) is 0 Å². The van der Waals surface area contributed by atoms with Gasteiger partial charge in [-0.2, -0.15) is 11.3 Å². The molecule has 21 heavy (non-hydrogen) atoms. The lowest BCUT2D eigenvalue weighted by molar-refractivity contribution is 0.0632. The van der Waals surface area contributed by atoms with Gasteiger partial charge < -0.3 is 5.32 Å². The van der Waals surface area contributed by atoms with Gasteiger partial charge in [0.1, 0.15) is 0 Å². The van der Waals surface area contributed by atoms with Crippen molar-refractivity contribution in [3.05, 3.63) is 22.4 Å². The normalized spacial score (nSPS) is 22.8. The van der Waals surface area contributed by atoms with Crippen LogP contribution >= 0.6 is 11.3 Å². The molecule has 1 saturated heterocycles. The first-order valence-electron chi connectivity index (χ1n) is 8.58. The molecule has 2 heterocycles. The zero-order valence-corrected chi connectivity index (χ0v) is 15.0. The molecule has 1 aliphatic heterocycles. The maximum Gasteiger partial charge on any atom is 0.0304 e. The van der Waals surface area contributed by atoms with Crippen molar-refractivity contribution in [2.75, 3.05) is 19.6 Å². The molecule has 120 valence electrons. The molecular formula is C18H32N2S. The first kappa shape index (κ1) is 17.0. The maximum atomic E-state index is 3.87. The van der Waals surface area contributed by atoms with Crippen LogP contribution in [-0.4, -0.2) is 36.1 Å². The highest BCUT2D eigenvalue weighted by Gasteiger charge is 2.36. The van der Waals surface area contributed by atoms with E-state index in [-0.39, 0.29) is 0 Å². The van der Waals surface area contributed by atoms with Crippen LogP contribution in [0.15, 0.2) is 16.8 Å². The number of nitrogens with zero attached hydrogens (tertiary/aromatic N) is 1. The number of hydrogen-bond acceptors (Lipinski definition) is 3. The zero-order chi connectivity index (χ0) is 15.3. The largest absolute Gasteiger partial charge is 0.308 e. The van der Waals surface area contributed by atoms with Crippen molar-refractivity contribution in [2.24, 2.45) is 5.92 Å². The first-order chi connectivity index (χ1) is 10.1. The average molecular weight is 309 g/mol. The van der Waals surface area contributed by atoms with E-state index in [9.17, 15) is 0 Å². The third kappa shape index (κ3) is 4.54. The summed E-state index contributed by atoms with van der Waals surface area (Å²) in [4.78, 5) is 2.77. The van der Waals surface area contributed by atoms with Gasteiger partial charge in [-0.1, -0.05) is 27.7 Å². The molecule has 1 aliphatic rings. The smallest absolute Gasteiger partial charge is 0.0304 e. The van der Waals surface area contributed by atoms with E-state index < -0.39 is 0 Å². The Morgan fingerprint density at radius 1 is 1.38 bits per heavy atom. The Labute approximate surface area is 134 Å². The van der Waals surface area contributed by atoms with Crippen LogP contribution in [0.4, 0.5) is 0 Å². The zero-order valence-electron chi connectivity index (χ0n) is 14.2. The van der Waals surface area contributed by atoms with Gasteiger partial charge in [0.05, 0.1) is 0 Å². The molecule has 0 aromatic carbocycles. The Hall–Kier alpha value is -0.380. The molecule has 0 bridgehead atoms. The van der Waals surface area contributed by atoms with Gasteiger partial charge in [0.15, 0.2) is 0 Å². The minimum Gasteiger partial charge on any atom is -0.308 e. The van der Waals surface area contributed by atoms with Gasteiger partial charge >= 0.3 is 0 Å². The Morgan fingerprint density at radius 2 is 2.14 bits per heavy atom. The van der Waals surface area contributed by atoms with Gasteiger partial charge in [0.2, 0.25) is 0 Å². The highest BCUT2D eigenvalue weighted by Crippen LogP contribution is 2.25. The van der Waals surface area contributed by atoms with Crippen molar-refractivity contribution in [2.45, 2.75) is 65.0 Å². The molecule has 0 amide bonds. The van der Waals surface area contributed by atoms with E-state index in [0.717, 1.165) is 12.5 Å². The molecule has 1 atom stereocenters. The summed E-state index contributed by atoms with van der Waals surface area (Å²) < 4.78 is 0. The van der Waals surface area contributed by atoms with Crippen LogP contribution in [0.3, 0.4) is 0 Å².